The Bertz CT molecular complexity index is 937. The highest BCUT2D eigenvalue weighted by atomic mass is 16.4. The molecular formula is C21H33N7O8. The molecule has 200 valence electrons. The first kappa shape index (κ1) is 30.0. The van der Waals surface area contributed by atoms with Crippen molar-refractivity contribution in [2.75, 3.05) is 0 Å². The molecule has 0 bridgehead atoms. The summed E-state index contributed by atoms with van der Waals surface area (Å²) in [5, 5.41) is 25.1. The zero-order valence-electron chi connectivity index (χ0n) is 20.0. The van der Waals surface area contributed by atoms with E-state index in [9.17, 15) is 33.9 Å². The summed E-state index contributed by atoms with van der Waals surface area (Å²) in [5.74, 6) is -6.44. The Morgan fingerprint density at radius 1 is 1.00 bits per heavy atom. The second-order valence-corrected chi connectivity index (χ2v) is 8.32. The highest BCUT2D eigenvalue weighted by molar-refractivity contribution is 5.95. The standard InChI is InChI=1S/C21H33N7O8/c1-3-10(2)17(23)20(34)26-12(4-5-15(22)29)18(32)27-13(6-11-8-24-9-25-11)19(33)28-14(21(35)36)7-16(30)31/h8-10,12-14,17H,3-7,23H2,1-2H3,(H2,22,29)(H,24,25)(H,26,34)(H,27,32)(H,28,33)(H,30,31)(H,35,36). The minimum atomic E-state index is -1.75. The van der Waals surface area contributed by atoms with Gasteiger partial charge in [-0.25, -0.2) is 9.78 Å². The van der Waals surface area contributed by atoms with E-state index in [-0.39, 0.29) is 25.2 Å². The van der Waals surface area contributed by atoms with Crippen molar-refractivity contribution in [3.63, 3.8) is 0 Å². The third-order valence-electron chi connectivity index (χ3n) is 5.48. The number of carbonyl (C=O) groups is 6. The molecule has 0 saturated heterocycles. The smallest absolute Gasteiger partial charge is 0.326 e. The van der Waals surface area contributed by atoms with Crippen LogP contribution < -0.4 is 27.4 Å². The molecule has 1 heterocycles. The van der Waals surface area contributed by atoms with Crippen LogP contribution >= 0.6 is 0 Å². The molecular weight excluding hydrogens is 478 g/mol. The van der Waals surface area contributed by atoms with Gasteiger partial charge in [-0.2, -0.15) is 0 Å². The molecule has 10 N–H and O–H groups in total. The summed E-state index contributed by atoms with van der Waals surface area (Å²) in [7, 11) is 0. The number of nitrogens with zero attached hydrogens (tertiary/aromatic N) is 1. The van der Waals surface area contributed by atoms with Gasteiger partial charge >= 0.3 is 11.9 Å². The van der Waals surface area contributed by atoms with Gasteiger partial charge < -0.3 is 42.6 Å². The number of aromatic amines is 1. The Kier molecular flexibility index (Phi) is 12.0. The maximum absolute atomic E-state index is 13.1. The number of hydrogen-bond acceptors (Lipinski definition) is 8. The Morgan fingerprint density at radius 3 is 2.08 bits per heavy atom. The van der Waals surface area contributed by atoms with Crippen molar-refractivity contribution in [3.05, 3.63) is 18.2 Å². The summed E-state index contributed by atoms with van der Waals surface area (Å²) in [6, 6.07) is -5.36. The monoisotopic (exact) mass is 511 g/mol. The van der Waals surface area contributed by atoms with E-state index in [0.29, 0.717) is 12.1 Å². The highest BCUT2D eigenvalue weighted by Gasteiger charge is 2.32. The number of H-pyrrole nitrogens is 1. The van der Waals surface area contributed by atoms with Crippen LogP contribution in [0.1, 0.15) is 45.2 Å². The second kappa shape index (κ2) is 14.4. The number of carboxylic acids is 2. The van der Waals surface area contributed by atoms with Gasteiger partial charge in [0.15, 0.2) is 0 Å². The summed E-state index contributed by atoms with van der Waals surface area (Å²) in [5.41, 5.74) is 11.5. The van der Waals surface area contributed by atoms with Crippen molar-refractivity contribution in [1.82, 2.24) is 25.9 Å². The van der Waals surface area contributed by atoms with Gasteiger partial charge in [-0.15, -0.1) is 0 Å². The number of imidazole rings is 1. The van der Waals surface area contributed by atoms with Crippen LogP contribution in [-0.2, 0) is 35.2 Å². The molecule has 1 aromatic heterocycles. The molecule has 0 aliphatic rings. The summed E-state index contributed by atoms with van der Waals surface area (Å²) >= 11 is 0. The van der Waals surface area contributed by atoms with Crippen molar-refractivity contribution in [3.8, 4) is 0 Å². The average Bonchev–Trinajstić information content (AvgIpc) is 3.32. The van der Waals surface area contributed by atoms with Crippen LogP contribution in [0, 0.1) is 5.92 Å². The Hall–Kier alpha value is -4.01. The van der Waals surface area contributed by atoms with Crippen molar-refractivity contribution in [2.24, 2.45) is 17.4 Å². The van der Waals surface area contributed by atoms with Crippen LogP contribution in [-0.4, -0.2) is 79.9 Å². The summed E-state index contributed by atoms with van der Waals surface area (Å²) in [6.07, 6.45) is 1.79. The molecule has 0 aliphatic carbocycles. The second-order valence-electron chi connectivity index (χ2n) is 8.32. The van der Waals surface area contributed by atoms with E-state index in [0.717, 1.165) is 0 Å². The van der Waals surface area contributed by atoms with Crippen molar-refractivity contribution < 1.29 is 39.0 Å². The van der Waals surface area contributed by atoms with Gasteiger partial charge in [0.05, 0.1) is 18.8 Å². The Labute approximate surface area is 206 Å². The van der Waals surface area contributed by atoms with E-state index in [1.54, 1.807) is 6.92 Å². The number of amides is 4. The number of nitrogens with two attached hydrogens (primary N) is 2. The molecule has 0 aromatic carbocycles. The van der Waals surface area contributed by atoms with E-state index in [4.69, 9.17) is 16.6 Å². The molecule has 0 radical (unpaired) electrons. The minimum absolute atomic E-state index is 0.167. The van der Waals surface area contributed by atoms with Gasteiger partial charge in [-0.05, 0) is 12.3 Å². The summed E-state index contributed by atoms with van der Waals surface area (Å²) in [6.45, 7) is 3.59. The molecule has 5 unspecified atom stereocenters. The van der Waals surface area contributed by atoms with Gasteiger partial charge in [0, 0.05) is 24.7 Å². The third-order valence-corrected chi connectivity index (χ3v) is 5.48. The first-order chi connectivity index (χ1) is 16.8. The van der Waals surface area contributed by atoms with Crippen LogP contribution in [0.4, 0.5) is 0 Å². The molecule has 0 fully saturated rings. The van der Waals surface area contributed by atoms with Crippen LogP contribution in [0.25, 0.3) is 0 Å². The van der Waals surface area contributed by atoms with Gasteiger partial charge in [0.1, 0.15) is 18.1 Å². The number of nitrogens with one attached hydrogen (secondary N) is 4. The summed E-state index contributed by atoms with van der Waals surface area (Å²) in [4.78, 5) is 78.6. The lowest BCUT2D eigenvalue weighted by Crippen LogP contribution is -2.58. The SMILES string of the molecule is CCC(C)C(N)C(=O)NC(CCC(N)=O)C(=O)NC(Cc1cnc[nH]1)C(=O)NC(CC(=O)O)C(=O)O. The van der Waals surface area contributed by atoms with Crippen LogP contribution in [0.3, 0.4) is 0 Å². The number of hydrogen-bond donors (Lipinski definition) is 8. The van der Waals surface area contributed by atoms with Gasteiger partial charge in [-0.3, -0.25) is 24.0 Å². The van der Waals surface area contributed by atoms with E-state index in [2.05, 4.69) is 25.9 Å². The van der Waals surface area contributed by atoms with Crippen molar-refractivity contribution in [1.29, 1.82) is 0 Å². The maximum atomic E-state index is 13.1. The quantitative estimate of drug-likeness (QED) is 0.117. The maximum Gasteiger partial charge on any atom is 0.326 e. The fraction of sp³-hybridized carbons (Fsp3) is 0.571. The first-order valence-corrected chi connectivity index (χ1v) is 11.2. The topological polar surface area (TPSA) is 260 Å². The predicted octanol–water partition coefficient (Wildman–Crippen LogP) is -2.40. The van der Waals surface area contributed by atoms with Crippen LogP contribution in [0.15, 0.2) is 12.5 Å². The fourth-order valence-electron chi connectivity index (χ4n) is 3.08. The number of carboxylic acid groups (broad SMARTS) is 2. The van der Waals surface area contributed by atoms with Crippen LogP contribution in [0.5, 0.6) is 0 Å². The van der Waals surface area contributed by atoms with E-state index >= 15 is 0 Å². The highest BCUT2D eigenvalue weighted by Crippen LogP contribution is 2.08. The number of aliphatic carboxylic acids is 2. The molecule has 0 spiro atoms. The largest absolute Gasteiger partial charge is 0.481 e. The van der Waals surface area contributed by atoms with E-state index < -0.39 is 66.2 Å². The Morgan fingerprint density at radius 2 is 1.58 bits per heavy atom. The van der Waals surface area contributed by atoms with Crippen LogP contribution in [0.2, 0.25) is 0 Å². The minimum Gasteiger partial charge on any atom is -0.481 e. The van der Waals surface area contributed by atoms with E-state index in [1.807, 2.05) is 6.92 Å². The van der Waals surface area contributed by atoms with Gasteiger partial charge in [-0.1, -0.05) is 20.3 Å². The third kappa shape index (κ3) is 10.1. The fourth-order valence-corrected chi connectivity index (χ4v) is 3.08. The van der Waals surface area contributed by atoms with Gasteiger partial charge in [0.25, 0.3) is 0 Å². The lowest BCUT2D eigenvalue weighted by molar-refractivity contribution is -0.147. The Balaban J connectivity index is 3.11. The number of carbonyl (C=O) groups excluding carboxylic acids is 4. The number of rotatable bonds is 16. The summed E-state index contributed by atoms with van der Waals surface area (Å²) < 4.78 is 0. The zero-order valence-corrected chi connectivity index (χ0v) is 20.0. The lowest BCUT2D eigenvalue weighted by atomic mass is 9.98. The lowest BCUT2D eigenvalue weighted by Gasteiger charge is -2.25. The molecule has 15 heteroatoms. The number of primary amides is 1. The zero-order chi connectivity index (χ0) is 27.4. The average molecular weight is 512 g/mol. The van der Waals surface area contributed by atoms with Crippen molar-refractivity contribution >= 4 is 35.6 Å². The number of aromatic nitrogens is 2. The molecule has 0 aliphatic heterocycles. The molecule has 4 amide bonds. The first-order valence-electron chi connectivity index (χ1n) is 11.2. The predicted molar refractivity (Wildman–Crippen MR) is 124 cm³/mol. The molecule has 15 nitrogen and oxygen atoms in total. The molecule has 36 heavy (non-hydrogen) atoms. The molecule has 0 saturated carbocycles. The van der Waals surface area contributed by atoms with E-state index in [1.165, 1.54) is 12.5 Å². The normalized spacial score (nSPS) is 15.0. The van der Waals surface area contributed by atoms with Gasteiger partial charge in [0.2, 0.25) is 23.6 Å². The molecule has 1 rings (SSSR count). The molecule has 5 atom stereocenters. The van der Waals surface area contributed by atoms with Crippen molar-refractivity contribution in [2.45, 2.75) is 70.1 Å². The molecule has 1 aromatic rings.